The molecule has 0 amide bonds. The summed E-state index contributed by atoms with van der Waals surface area (Å²) in [7, 11) is 2.21. The summed E-state index contributed by atoms with van der Waals surface area (Å²) in [6, 6.07) is 0. The Labute approximate surface area is 87.2 Å². The van der Waals surface area contributed by atoms with Crippen molar-refractivity contribution in [1.82, 2.24) is 9.80 Å². The Morgan fingerprint density at radius 1 is 1.21 bits per heavy atom. The van der Waals surface area contributed by atoms with Crippen LogP contribution in [0.25, 0.3) is 0 Å². The SMILES string of the molecule is CN1CC(CN2CCC(CCN)C2)C1. The zero-order valence-electron chi connectivity index (χ0n) is 9.28. The fourth-order valence-corrected chi connectivity index (χ4v) is 2.86. The fourth-order valence-electron chi connectivity index (χ4n) is 2.86. The largest absolute Gasteiger partial charge is 0.330 e. The zero-order valence-corrected chi connectivity index (χ0v) is 9.28. The predicted octanol–water partition coefficient (Wildman–Crippen LogP) is 0.219. The molecule has 2 saturated heterocycles. The predicted molar refractivity (Wildman–Crippen MR) is 59.2 cm³/mol. The molecule has 1 atom stereocenters. The van der Waals surface area contributed by atoms with Crippen LogP contribution in [0.3, 0.4) is 0 Å². The third-order valence-electron chi connectivity index (χ3n) is 3.60. The molecule has 2 N–H and O–H groups in total. The third kappa shape index (κ3) is 2.47. The van der Waals surface area contributed by atoms with Gasteiger partial charge >= 0.3 is 0 Å². The van der Waals surface area contributed by atoms with Gasteiger partial charge in [0.05, 0.1) is 0 Å². The van der Waals surface area contributed by atoms with Crippen molar-refractivity contribution >= 4 is 0 Å². The molecule has 2 heterocycles. The minimum atomic E-state index is 0.866. The van der Waals surface area contributed by atoms with Crippen LogP contribution in [0.4, 0.5) is 0 Å². The summed E-state index contributed by atoms with van der Waals surface area (Å²) < 4.78 is 0. The van der Waals surface area contributed by atoms with E-state index in [-0.39, 0.29) is 0 Å². The Bertz CT molecular complexity index is 177. The van der Waals surface area contributed by atoms with E-state index in [1.165, 1.54) is 45.6 Å². The highest BCUT2D eigenvalue weighted by atomic mass is 15.2. The lowest BCUT2D eigenvalue weighted by molar-refractivity contribution is 0.0982. The lowest BCUT2D eigenvalue weighted by Gasteiger charge is -2.38. The highest BCUT2D eigenvalue weighted by molar-refractivity contribution is 4.83. The molecule has 2 aliphatic heterocycles. The summed E-state index contributed by atoms with van der Waals surface area (Å²) in [6.07, 6.45) is 2.60. The molecule has 82 valence electrons. The van der Waals surface area contributed by atoms with Crippen molar-refractivity contribution < 1.29 is 0 Å². The summed E-state index contributed by atoms with van der Waals surface area (Å²) >= 11 is 0. The molecule has 0 saturated carbocycles. The van der Waals surface area contributed by atoms with E-state index in [0.717, 1.165) is 18.4 Å². The van der Waals surface area contributed by atoms with Crippen LogP contribution in [0, 0.1) is 11.8 Å². The van der Waals surface area contributed by atoms with E-state index in [0.29, 0.717) is 0 Å². The summed E-state index contributed by atoms with van der Waals surface area (Å²) in [6.45, 7) is 7.41. The first-order valence-electron chi connectivity index (χ1n) is 5.89. The Balaban J connectivity index is 1.63. The molecular formula is C11H23N3. The zero-order chi connectivity index (χ0) is 9.97. The van der Waals surface area contributed by atoms with Gasteiger partial charge in [0.15, 0.2) is 0 Å². The summed E-state index contributed by atoms with van der Waals surface area (Å²) in [5, 5.41) is 0. The Hall–Kier alpha value is -0.120. The number of hydrogen-bond acceptors (Lipinski definition) is 3. The maximum atomic E-state index is 5.59. The minimum absolute atomic E-state index is 0.866. The lowest BCUT2D eigenvalue weighted by atomic mass is 10.0. The first kappa shape index (κ1) is 10.4. The fraction of sp³-hybridized carbons (Fsp3) is 1.00. The first-order chi connectivity index (χ1) is 6.78. The van der Waals surface area contributed by atoms with Gasteiger partial charge in [0.25, 0.3) is 0 Å². The number of nitrogens with two attached hydrogens (primary N) is 1. The van der Waals surface area contributed by atoms with Crippen molar-refractivity contribution in [3.63, 3.8) is 0 Å². The Morgan fingerprint density at radius 2 is 2.00 bits per heavy atom. The molecule has 0 aromatic rings. The van der Waals surface area contributed by atoms with Crippen LogP contribution < -0.4 is 5.73 Å². The molecule has 0 bridgehead atoms. The van der Waals surface area contributed by atoms with Crippen LogP contribution in [0.2, 0.25) is 0 Å². The van der Waals surface area contributed by atoms with E-state index >= 15 is 0 Å². The van der Waals surface area contributed by atoms with Gasteiger partial charge in [-0.05, 0) is 44.8 Å². The smallest absolute Gasteiger partial charge is 0.00343 e. The number of rotatable bonds is 4. The second-order valence-electron chi connectivity index (χ2n) is 5.08. The molecule has 2 aliphatic rings. The summed E-state index contributed by atoms with van der Waals surface area (Å²) in [5.74, 6) is 1.83. The molecule has 0 spiro atoms. The van der Waals surface area contributed by atoms with Crippen molar-refractivity contribution in [2.24, 2.45) is 17.6 Å². The van der Waals surface area contributed by atoms with Crippen molar-refractivity contribution in [3.05, 3.63) is 0 Å². The average Bonchev–Trinajstić information content (AvgIpc) is 2.51. The third-order valence-corrected chi connectivity index (χ3v) is 3.60. The van der Waals surface area contributed by atoms with Gasteiger partial charge < -0.3 is 15.5 Å². The quantitative estimate of drug-likeness (QED) is 0.700. The van der Waals surface area contributed by atoms with Gasteiger partial charge in [-0.2, -0.15) is 0 Å². The van der Waals surface area contributed by atoms with E-state index in [1.54, 1.807) is 0 Å². The van der Waals surface area contributed by atoms with E-state index in [9.17, 15) is 0 Å². The monoisotopic (exact) mass is 197 g/mol. The topological polar surface area (TPSA) is 32.5 Å². The molecule has 1 unspecified atom stereocenters. The standard InChI is InChI=1S/C11H23N3/c1-13-6-11(7-13)9-14-5-3-10(8-14)2-4-12/h10-11H,2-9,12H2,1H3. The number of hydrogen-bond donors (Lipinski definition) is 1. The molecule has 3 heteroatoms. The molecule has 0 aliphatic carbocycles. The van der Waals surface area contributed by atoms with Gasteiger partial charge in [-0.15, -0.1) is 0 Å². The van der Waals surface area contributed by atoms with Crippen LogP contribution in [0.15, 0.2) is 0 Å². The molecule has 14 heavy (non-hydrogen) atoms. The van der Waals surface area contributed by atoms with Gasteiger partial charge in [-0.1, -0.05) is 0 Å². The van der Waals surface area contributed by atoms with Crippen LogP contribution >= 0.6 is 0 Å². The normalized spacial score (nSPS) is 30.9. The van der Waals surface area contributed by atoms with E-state index in [1.807, 2.05) is 0 Å². The molecule has 0 aromatic heterocycles. The van der Waals surface area contributed by atoms with Crippen molar-refractivity contribution in [2.75, 3.05) is 46.3 Å². The van der Waals surface area contributed by atoms with Gasteiger partial charge in [0.2, 0.25) is 0 Å². The maximum absolute atomic E-state index is 5.59. The van der Waals surface area contributed by atoms with E-state index in [4.69, 9.17) is 5.73 Å². The minimum Gasteiger partial charge on any atom is -0.330 e. The summed E-state index contributed by atoms with van der Waals surface area (Å²) in [4.78, 5) is 5.04. The van der Waals surface area contributed by atoms with Gasteiger partial charge in [-0.3, -0.25) is 0 Å². The second kappa shape index (κ2) is 4.60. The van der Waals surface area contributed by atoms with Gasteiger partial charge in [0, 0.05) is 26.2 Å². The van der Waals surface area contributed by atoms with Gasteiger partial charge in [0.1, 0.15) is 0 Å². The average molecular weight is 197 g/mol. The van der Waals surface area contributed by atoms with Crippen molar-refractivity contribution in [1.29, 1.82) is 0 Å². The van der Waals surface area contributed by atoms with Crippen molar-refractivity contribution in [2.45, 2.75) is 12.8 Å². The van der Waals surface area contributed by atoms with Crippen LogP contribution in [-0.2, 0) is 0 Å². The molecule has 2 fully saturated rings. The number of likely N-dealkylation sites (tertiary alicyclic amines) is 2. The second-order valence-corrected chi connectivity index (χ2v) is 5.08. The highest BCUT2D eigenvalue weighted by Gasteiger charge is 2.28. The molecular weight excluding hydrogens is 174 g/mol. The summed E-state index contributed by atoms with van der Waals surface area (Å²) in [5.41, 5.74) is 5.59. The van der Waals surface area contributed by atoms with Gasteiger partial charge in [-0.25, -0.2) is 0 Å². The van der Waals surface area contributed by atoms with E-state index < -0.39 is 0 Å². The molecule has 3 nitrogen and oxygen atoms in total. The Morgan fingerprint density at radius 3 is 2.64 bits per heavy atom. The molecule has 0 radical (unpaired) electrons. The van der Waals surface area contributed by atoms with E-state index in [2.05, 4.69) is 16.8 Å². The lowest BCUT2D eigenvalue weighted by Crippen LogP contribution is -2.48. The maximum Gasteiger partial charge on any atom is 0.00343 e. The molecule has 0 aromatic carbocycles. The van der Waals surface area contributed by atoms with Crippen LogP contribution in [-0.4, -0.2) is 56.1 Å². The van der Waals surface area contributed by atoms with Crippen molar-refractivity contribution in [3.8, 4) is 0 Å². The molecule has 2 rings (SSSR count). The highest BCUT2D eigenvalue weighted by Crippen LogP contribution is 2.22. The first-order valence-corrected chi connectivity index (χ1v) is 5.89. The van der Waals surface area contributed by atoms with Crippen LogP contribution in [0.1, 0.15) is 12.8 Å². The number of nitrogens with zero attached hydrogens (tertiary/aromatic N) is 2. The van der Waals surface area contributed by atoms with Crippen LogP contribution in [0.5, 0.6) is 0 Å². The Kier molecular flexibility index (Phi) is 3.42.